The van der Waals surface area contributed by atoms with Gasteiger partial charge >= 0.3 is 0 Å². The molecule has 0 aliphatic heterocycles. The number of methoxy groups -OCH3 is 1. The number of hydrogen-bond donors (Lipinski definition) is 2. The predicted molar refractivity (Wildman–Crippen MR) is 79.6 cm³/mol. The third kappa shape index (κ3) is 5.31. The number of ether oxygens (including phenoxy) is 1. The maximum absolute atomic E-state index is 5.19. The zero-order valence-corrected chi connectivity index (χ0v) is 12.0. The largest absolute Gasteiger partial charge is 0.497 e. The summed E-state index contributed by atoms with van der Waals surface area (Å²) in [7, 11) is 3.45. The van der Waals surface area contributed by atoms with Gasteiger partial charge in [-0.15, -0.1) is 0 Å². The summed E-state index contributed by atoms with van der Waals surface area (Å²) in [6, 6.07) is 8.00. The molecule has 18 heavy (non-hydrogen) atoms. The Kier molecular flexibility index (Phi) is 7.10. The first-order valence-corrected chi connectivity index (χ1v) is 7.26. The molecular weight excluding hydrogens is 246 g/mol. The predicted octanol–water partition coefficient (Wildman–Crippen LogP) is 1.72. The Morgan fingerprint density at radius 2 is 2.22 bits per heavy atom. The Morgan fingerprint density at radius 3 is 2.89 bits per heavy atom. The molecule has 1 aromatic carbocycles. The van der Waals surface area contributed by atoms with Crippen LogP contribution in [-0.2, 0) is 6.54 Å². The van der Waals surface area contributed by atoms with Crippen LogP contribution in [-0.4, -0.2) is 38.7 Å². The molecule has 2 N–H and O–H groups in total. The second-order valence-electron chi connectivity index (χ2n) is 3.70. The molecule has 0 saturated carbocycles. The van der Waals surface area contributed by atoms with Gasteiger partial charge in [-0.3, -0.25) is 4.99 Å². The lowest BCUT2D eigenvalue weighted by atomic mass is 10.2. The zero-order valence-electron chi connectivity index (χ0n) is 11.2. The molecular formula is C13H21N3OS. The maximum Gasteiger partial charge on any atom is 0.191 e. The minimum Gasteiger partial charge on any atom is -0.497 e. The highest BCUT2D eigenvalue weighted by Gasteiger charge is 1.99. The summed E-state index contributed by atoms with van der Waals surface area (Å²) < 4.78 is 5.19. The van der Waals surface area contributed by atoms with Crippen molar-refractivity contribution in [2.24, 2.45) is 4.99 Å². The highest BCUT2D eigenvalue weighted by Crippen LogP contribution is 2.11. The average molecular weight is 267 g/mol. The number of nitrogens with one attached hydrogen (secondary N) is 2. The fourth-order valence-corrected chi connectivity index (χ4v) is 1.77. The summed E-state index contributed by atoms with van der Waals surface area (Å²) in [5.41, 5.74) is 1.17. The lowest BCUT2D eigenvalue weighted by Crippen LogP contribution is -2.37. The topological polar surface area (TPSA) is 45.7 Å². The van der Waals surface area contributed by atoms with E-state index >= 15 is 0 Å². The number of aliphatic imine (C=N–C) groups is 1. The molecule has 0 spiro atoms. The number of rotatable bonds is 6. The number of guanidine groups is 1. The standard InChI is InChI=1S/C13H21N3OS/c1-14-13(15-7-8-18-3)16-10-11-5-4-6-12(9-11)17-2/h4-6,9H,7-8,10H2,1-3H3,(H2,14,15,16). The molecule has 0 radical (unpaired) electrons. The van der Waals surface area contributed by atoms with Gasteiger partial charge in [0.2, 0.25) is 0 Å². The van der Waals surface area contributed by atoms with Gasteiger partial charge in [-0.05, 0) is 24.0 Å². The van der Waals surface area contributed by atoms with Crippen LogP contribution >= 0.6 is 11.8 Å². The highest BCUT2D eigenvalue weighted by molar-refractivity contribution is 7.98. The van der Waals surface area contributed by atoms with Crippen LogP contribution in [0.5, 0.6) is 5.75 Å². The van der Waals surface area contributed by atoms with Gasteiger partial charge in [0.15, 0.2) is 5.96 Å². The van der Waals surface area contributed by atoms with Gasteiger partial charge in [0, 0.05) is 25.9 Å². The Balaban J connectivity index is 2.42. The van der Waals surface area contributed by atoms with Gasteiger partial charge in [-0.1, -0.05) is 12.1 Å². The van der Waals surface area contributed by atoms with E-state index < -0.39 is 0 Å². The lowest BCUT2D eigenvalue weighted by Gasteiger charge is -2.11. The third-order valence-electron chi connectivity index (χ3n) is 2.42. The molecule has 0 bridgehead atoms. The maximum atomic E-state index is 5.19. The molecule has 0 atom stereocenters. The minimum absolute atomic E-state index is 0.732. The highest BCUT2D eigenvalue weighted by atomic mass is 32.2. The van der Waals surface area contributed by atoms with Crippen LogP contribution in [0, 0.1) is 0 Å². The van der Waals surface area contributed by atoms with Crippen LogP contribution in [0.15, 0.2) is 29.3 Å². The van der Waals surface area contributed by atoms with Crippen molar-refractivity contribution in [3.05, 3.63) is 29.8 Å². The van der Waals surface area contributed by atoms with Crippen molar-refractivity contribution in [3.8, 4) is 5.75 Å². The van der Waals surface area contributed by atoms with Crippen LogP contribution in [0.2, 0.25) is 0 Å². The number of hydrogen-bond acceptors (Lipinski definition) is 3. The fourth-order valence-electron chi connectivity index (χ4n) is 1.46. The van der Waals surface area contributed by atoms with E-state index in [1.807, 2.05) is 30.0 Å². The SMILES string of the molecule is CN=C(NCCSC)NCc1cccc(OC)c1. The van der Waals surface area contributed by atoms with E-state index in [0.717, 1.165) is 30.6 Å². The Hall–Kier alpha value is -1.36. The molecule has 100 valence electrons. The number of benzene rings is 1. The number of thioether (sulfide) groups is 1. The smallest absolute Gasteiger partial charge is 0.191 e. The van der Waals surface area contributed by atoms with Gasteiger partial charge in [0.05, 0.1) is 7.11 Å². The molecule has 5 heteroatoms. The molecule has 4 nitrogen and oxygen atoms in total. The lowest BCUT2D eigenvalue weighted by molar-refractivity contribution is 0.414. The van der Waals surface area contributed by atoms with Crippen LogP contribution < -0.4 is 15.4 Å². The van der Waals surface area contributed by atoms with E-state index in [0.29, 0.717) is 0 Å². The Labute approximate surface area is 113 Å². The first-order chi connectivity index (χ1) is 8.80. The summed E-state index contributed by atoms with van der Waals surface area (Å²) in [4.78, 5) is 4.17. The average Bonchev–Trinajstić information content (AvgIpc) is 2.43. The van der Waals surface area contributed by atoms with Crippen molar-refractivity contribution in [1.82, 2.24) is 10.6 Å². The molecule has 0 saturated heterocycles. The van der Waals surface area contributed by atoms with Crippen LogP contribution in [0.25, 0.3) is 0 Å². The second kappa shape index (κ2) is 8.69. The van der Waals surface area contributed by atoms with Crippen molar-refractivity contribution in [1.29, 1.82) is 0 Å². The summed E-state index contributed by atoms with van der Waals surface area (Å²) in [5.74, 6) is 2.77. The molecule has 0 aliphatic rings. The van der Waals surface area contributed by atoms with Gasteiger partial charge < -0.3 is 15.4 Å². The van der Waals surface area contributed by atoms with Gasteiger partial charge in [0.1, 0.15) is 5.75 Å². The summed E-state index contributed by atoms with van der Waals surface area (Å²) in [6.07, 6.45) is 2.09. The van der Waals surface area contributed by atoms with Crippen molar-refractivity contribution in [3.63, 3.8) is 0 Å². The van der Waals surface area contributed by atoms with E-state index in [1.165, 1.54) is 5.56 Å². The van der Waals surface area contributed by atoms with E-state index in [2.05, 4.69) is 27.9 Å². The van der Waals surface area contributed by atoms with E-state index in [-0.39, 0.29) is 0 Å². The minimum atomic E-state index is 0.732. The molecule has 1 aromatic rings. The van der Waals surface area contributed by atoms with Crippen molar-refractivity contribution in [2.45, 2.75) is 6.54 Å². The summed E-state index contributed by atoms with van der Waals surface area (Å²) in [5, 5.41) is 6.53. The van der Waals surface area contributed by atoms with Crippen LogP contribution in [0.4, 0.5) is 0 Å². The van der Waals surface area contributed by atoms with Crippen LogP contribution in [0.3, 0.4) is 0 Å². The molecule has 0 aliphatic carbocycles. The van der Waals surface area contributed by atoms with Crippen molar-refractivity contribution >= 4 is 17.7 Å². The summed E-state index contributed by atoms with van der Waals surface area (Å²) in [6.45, 7) is 1.65. The molecule has 0 unspecified atom stereocenters. The van der Waals surface area contributed by atoms with Crippen molar-refractivity contribution in [2.75, 3.05) is 32.7 Å². The Bertz CT molecular complexity index is 382. The molecule has 0 amide bonds. The molecule has 0 heterocycles. The van der Waals surface area contributed by atoms with Gasteiger partial charge in [-0.25, -0.2) is 0 Å². The molecule has 1 rings (SSSR count). The third-order valence-corrected chi connectivity index (χ3v) is 3.03. The first-order valence-electron chi connectivity index (χ1n) is 5.86. The molecule has 0 fully saturated rings. The summed E-state index contributed by atoms with van der Waals surface area (Å²) >= 11 is 1.81. The monoisotopic (exact) mass is 267 g/mol. The van der Waals surface area contributed by atoms with Gasteiger partial charge in [-0.2, -0.15) is 11.8 Å². The quantitative estimate of drug-likeness (QED) is 0.468. The van der Waals surface area contributed by atoms with E-state index in [9.17, 15) is 0 Å². The fraction of sp³-hybridized carbons (Fsp3) is 0.462. The van der Waals surface area contributed by atoms with Gasteiger partial charge in [0.25, 0.3) is 0 Å². The Morgan fingerprint density at radius 1 is 1.39 bits per heavy atom. The van der Waals surface area contributed by atoms with E-state index in [4.69, 9.17) is 4.74 Å². The number of nitrogens with zero attached hydrogens (tertiary/aromatic N) is 1. The van der Waals surface area contributed by atoms with Crippen molar-refractivity contribution < 1.29 is 4.74 Å². The zero-order chi connectivity index (χ0) is 13.2. The van der Waals surface area contributed by atoms with Crippen LogP contribution in [0.1, 0.15) is 5.56 Å². The normalized spacial score (nSPS) is 11.2. The second-order valence-corrected chi connectivity index (χ2v) is 4.68. The first kappa shape index (κ1) is 14.7. The van der Waals surface area contributed by atoms with E-state index in [1.54, 1.807) is 14.2 Å². The molecule has 0 aromatic heterocycles.